The van der Waals surface area contributed by atoms with Crippen molar-refractivity contribution in [2.75, 3.05) is 5.32 Å². The number of carbonyl (C=O) groups excluding carboxylic acids is 1. The van der Waals surface area contributed by atoms with E-state index in [1.165, 1.54) is 6.20 Å². The van der Waals surface area contributed by atoms with Crippen LogP contribution in [0, 0.1) is 0 Å². The van der Waals surface area contributed by atoms with E-state index in [0.717, 1.165) is 18.2 Å². The van der Waals surface area contributed by atoms with Crippen LogP contribution in [0.15, 0.2) is 53.7 Å². The molecule has 3 aromatic rings. The van der Waals surface area contributed by atoms with Gasteiger partial charge in [-0.2, -0.15) is 4.31 Å². The molecule has 4 N–H and O–H groups in total. The average Bonchev–Trinajstić information content (AvgIpc) is 3.32. The Morgan fingerprint density at radius 1 is 1.13 bits per heavy atom. The van der Waals surface area contributed by atoms with Gasteiger partial charge in [-0.15, -0.1) is 0 Å². The largest absolute Gasteiger partial charge is 0.381 e. The number of fused-ring (bicyclic) bond motifs is 3. The number of amides is 1. The Hall–Kier alpha value is -2.91. The minimum atomic E-state index is -3.53. The molecule has 9 heteroatoms. The van der Waals surface area contributed by atoms with Crippen molar-refractivity contribution in [3.63, 3.8) is 0 Å². The average molecular weight is 426 g/mol. The number of benzene rings is 1. The van der Waals surface area contributed by atoms with Crippen LogP contribution in [0.5, 0.6) is 0 Å². The van der Waals surface area contributed by atoms with Gasteiger partial charge in [0.1, 0.15) is 5.65 Å². The molecule has 2 aromatic heterocycles. The number of primary amides is 1. The molecule has 2 fully saturated rings. The van der Waals surface area contributed by atoms with Crippen LogP contribution in [0.1, 0.15) is 36.0 Å². The molecule has 0 aliphatic carbocycles. The molecule has 0 spiro atoms. The normalized spacial score (nSPS) is 24.2. The molecule has 2 saturated heterocycles. The molecule has 2 aliphatic rings. The first-order valence-corrected chi connectivity index (χ1v) is 11.5. The number of aromatic nitrogens is 2. The van der Waals surface area contributed by atoms with E-state index in [4.69, 9.17) is 5.73 Å². The number of H-pyrrole nitrogens is 1. The van der Waals surface area contributed by atoms with E-state index >= 15 is 0 Å². The Bertz CT molecular complexity index is 1190. The van der Waals surface area contributed by atoms with Crippen molar-refractivity contribution in [3.05, 3.63) is 54.4 Å². The van der Waals surface area contributed by atoms with Crippen LogP contribution in [0.2, 0.25) is 0 Å². The van der Waals surface area contributed by atoms with Gasteiger partial charge in [0.15, 0.2) is 0 Å². The number of piperidine rings is 1. The fourth-order valence-electron chi connectivity index (χ4n) is 4.91. The highest BCUT2D eigenvalue weighted by Crippen LogP contribution is 2.41. The summed E-state index contributed by atoms with van der Waals surface area (Å²) >= 11 is 0. The van der Waals surface area contributed by atoms with Gasteiger partial charge >= 0.3 is 0 Å². The maximum Gasteiger partial charge on any atom is 0.252 e. The molecule has 156 valence electrons. The van der Waals surface area contributed by atoms with Gasteiger partial charge in [-0.25, -0.2) is 13.4 Å². The zero-order valence-corrected chi connectivity index (χ0v) is 17.1. The third kappa shape index (κ3) is 3.05. The first-order chi connectivity index (χ1) is 14.4. The highest BCUT2D eigenvalue weighted by atomic mass is 32.2. The summed E-state index contributed by atoms with van der Waals surface area (Å²) in [6.07, 6.45) is 6.28. The van der Waals surface area contributed by atoms with Gasteiger partial charge < -0.3 is 16.0 Å². The van der Waals surface area contributed by atoms with Gasteiger partial charge in [0, 0.05) is 35.9 Å². The Morgan fingerprint density at radius 2 is 1.83 bits per heavy atom. The Balaban J connectivity index is 1.43. The molecule has 3 atom stereocenters. The maximum atomic E-state index is 13.2. The molecule has 2 aliphatic heterocycles. The first-order valence-electron chi connectivity index (χ1n) is 10.1. The van der Waals surface area contributed by atoms with Gasteiger partial charge in [-0.1, -0.05) is 18.2 Å². The summed E-state index contributed by atoms with van der Waals surface area (Å²) in [4.78, 5) is 19.6. The van der Waals surface area contributed by atoms with Crippen LogP contribution < -0.4 is 11.1 Å². The molecule has 4 heterocycles. The maximum absolute atomic E-state index is 13.2. The summed E-state index contributed by atoms with van der Waals surface area (Å²) < 4.78 is 28.2. The molecule has 1 amide bonds. The Kier molecular flexibility index (Phi) is 4.52. The predicted molar refractivity (Wildman–Crippen MR) is 114 cm³/mol. The van der Waals surface area contributed by atoms with Crippen molar-refractivity contribution in [2.24, 2.45) is 5.73 Å². The number of pyridine rings is 1. The van der Waals surface area contributed by atoms with Crippen LogP contribution in [0.25, 0.3) is 11.0 Å². The number of anilines is 1. The summed E-state index contributed by atoms with van der Waals surface area (Å²) in [6, 6.07) is 10.4. The molecule has 8 nitrogen and oxygen atoms in total. The number of aromatic amines is 1. The summed E-state index contributed by atoms with van der Waals surface area (Å²) in [5.41, 5.74) is 7.25. The zero-order chi connectivity index (χ0) is 20.9. The minimum absolute atomic E-state index is 0.0447. The third-order valence-corrected chi connectivity index (χ3v) is 8.20. The number of hydrogen-bond acceptors (Lipinski definition) is 5. The number of nitrogens with zero attached hydrogens (tertiary/aromatic N) is 2. The zero-order valence-electron chi connectivity index (χ0n) is 16.3. The van der Waals surface area contributed by atoms with Crippen LogP contribution in [0.4, 0.5) is 5.69 Å². The number of rotatable bonds is 5. The van der Waals surface area contributed by atoms with Crippen LogP contribution in [0.3, 0.4) is 0 Å². The third-order valence-electron chi connectivity index (χ3n) is 6.19. The van der Waals surface area contributed by atoms with Crippen molar-refractivity contribution in [1.82, 2.24) is 14.3 Å². The molecule has 30 heavy (non-hydrogen) atoms. The predicted octanol–water partition coefficient (Wildman–Crippen LogP) is 2.46. The van der Waals surface area contributed by atoms with Crippen LogP contribution in [-0.4, -0.2) is 46.7 Å². The fraction of sp³-hybridized carbons (Fsp3) is 0.333. The van der Waals surface area contributed by atoms with Crippen molar-refractivity contribution in [1.29, 1.82) is 0 Å². The standard InChI is InChI=1S/C21H23N5O3S/c22-20(27)18-12-24-21-17(8-9-23-21)19(18)25-13-10-14-6-7-15(11-13)26(14)30(28,29)16-4-2-1-3-5-16/h1-5,8-9,12-15H,6-7,10-11H2,(H2,22,27)(H2,23,24,25)/t13-,14-,15+. The van der Waals surface area contributed by atoms with E-state index in [9.17, 15) is 13.2 Å². The molecule has 0 unspecified atom stereocenters. The number of carbonyl (C=O) groups is 1. The fourth-order valence-corrected chi connectivity index (χ4v) is 6.83. The monoisotopic (exact) mass is 425 g/mol. The number of nitrogens with one attached hydrogen (secondary N) is 2. The second kappa shape index (κ2) is 7.10. The lowest BCUT2D eigenvalue weighted by Crippen LogP contribution is -2.49. The highest BCUT2D eigenvalue weighted by molar-refractivity contribution is 7.89. The lowest BCUT2D eigenvalue weighted by molar-refractivity contribution is 0.100. The quantitative estimate of drug-likeness (QED) is 0.580. The molecule has 0 saturated carbocycles. The molecule has 5 rings (SSSR count). The minimum Gasteiger partial charge on any atom is -0.381 e. The molecule has 0 radical (unpaired) electrons. The second-order valence-corrected chi connectivity index (χ2v) is 9.84. The topological polar surface area (TPSA) is 121 Å². The Morgan fingerprint density at radius 3 is 2.50 bits per heavy atom. The molecule has 1 aromatic carbocycles. The lowest BCUT2D eigenvalue weighted by atomic mass is 9.98. The highest BCUT2D eigenvalue weighted by Gasteiger charge is 2.47. The number of hydrogen-bond donors (Lipinski definition) is 3. The number of sulfonamides is 1. The smallest absolute Gasteiger partial charge is 0.252 e. The molecular weight excluding hydrogens is 402 g/mol. The van der Waals surface area contributed by atoms with Crippen LogP contribution >= 0.6 is 0 Å². The van der Waals surface area contributed by atoms with Gasteiger partial charge in [-0.05, 0) is 43.9 Å². The van der Waals surface area contributed by atoms with Crippen molar-refractivity contribution < 1.29 is 13.2 Å². The van der Waals surface area contributed by atoms with E-state index in [1.807, 2.05) is 12.1 Å². The summed E-state index contributed by atoms with van der Waals surface area (Å²) in [5.74, 6) is -0.542. The SMILES string of the molecule is NC(=O)c1cnc2[nH]ccc2c1N[C@@H]1C[C@H]2CC[C@@H](C1)N2S(=O)(=O)c1ccccc1. The molecular formula is C21H23N5O3S. The Labute approximate surface area is 174 Å². The summed E-state index contributed by atoms with van der Waals surface area (Å²) in [7, 11) is -3.53. The second-order valence-electron chi connectivity index (χ2n) is 8.00. The lowest BCUT2D eigenvalue weighted by Gasteiger charge is -2.38. The van der Waals surface area contributed by atoms with E-state index in [1.54, 1.807) is 34.8 Å². The van der Waals surface area contributed by atoms with Gasteiger partial charge in [0.2, 0.25) is 10.0 Å². The van der Waals surface area contributed by atoms with Gasteiger partial charge in [0.05, 0.1) is 16.1 Å². The van der Waals surface area contributed by atoms with Crippen LogP contribution in [-0.2, 0) is 10.0 Å². The van der Waals surface area contributed by atoms with E-state index in [2.05, 4.69) is 15.3 Å². The van der Waals surface area contributed by atoms with E-state index in [0.29, 0.717) is 34.6 Å². The van der Waals surface area contributed by atoms with Gasteiger partial charge in [0.25, 0.3) is 5.91 Å². The summed E-state index contributed by atoms with van der Waals surface area (Å²) in [6.45, 7) is 0. The van der Waals surface area contributed by atoms with E-state index < -0.39 is 15.9 Å². The summed E-state index contributed by atoms with van der Waals surface area (Å²) in [5, 5.41) is 4.29. The van der Waals surface area contributed by atoms with E-state index in [-0.39, 0.29) is 18.1 Å². The van der Waals surface area contributed by atoms with Crippen molar-refractivity contribution in [2.45, 2.75) is 48.7 Å². The number of nitrogens with two attached hydrogens (primary N) is 1. The van der Waals surface area contributed by atoms with Crippen molar-refractivity contribution in [3.8, 4) is 0 Å². The molecule has 2 bridgehead atoms. The van der Waals surface area contributed by atoms with Crippen molar-refractivity contribution >= 4 is 32.7 Å². The van der Waals surface area contributed by atoms with Gasteiger partial charge in [-0.3, -0.25) is 4.79 Å². The first kappa shape index (κ1) is 19.1.